The van der Waals surface area contributed by atoms with Crippen LogP contribution in [0.1, 0.15) is 54.4 Å². The molecule has 1 unspecified atom stereocenters. The lowest BCUT2D eigenvalue weighted by atomic mass is 10.1. The molecule has 0 saturated heterocycles. The van der Waals surface area contributed by atoms with Gasteiger partial charge in [-0.15, -0.1) is 11.8 Å². The fourth-order valence-corrected chi connectivity index (χ4v) is 6.48. The van der Waals surface area contributed by atoms with Crippen molar-refractivity contribution in [3.8, 4) is 0 Å². The van der Waals surface area contributed by atoms with Crippen molar-refractivity contribution in [2.75, 3.05) is 12.0 Å². The van der Waals surface area contributed by atoms with Crippen LogP contribution in [0.2, 0.25) is 0 Å². The number of rotatable bonds is 13. The highest BCUT2D eigenvalue weighted by Gasteiger charge is 2.28. The average molecular weight is 544 g/mol. The zero-order valence-electron chi connectivity index (χ0n) is 21.3. The minimum Gasteiger partial charge on any atom is -0.461 e. The largest absolute Gasteiger partial charge is 0.461 e. The van der Waals surface area contributed by atoms with Crippen LogP contribution in [0.4, 0.5) is 0 Å². The van der Waals surface area contributed by atoms with Gasteiger partial charge in [0.2, 0.25) is 0 Å². The topological polar surface area (TPSA) is 99.7 Å². The second-order valence-electron chi connectivity index (χ2n) is 9.71. The first-order chi connectivity index (χ1) is 18.1. The minimum atomic E-state index is -0.348. The number of amides is 1. The van der Waals surface area contributed by atoms with Gasteiger partial charge in [-0.2, -0.15) is 11.8 Å². The van der Waals surface area contributed by atoms with Crippen molar-refractivity contribution < 1.29 is 19.5 Å². The van der Waals surface area contributed by atoms with E-state index in [1.165, 1.54) is 17.3 Å². The van der Waals surface area contributed by atoms with Crippen LogP contribution >= 0.6 is 23.5 Å². The summed E-state index contributed by atoms with van der Waals surface area (Å²) in [6.07, 6.45) is 7.85. The van der Waals surface area contributed by atoms with E-state index >= 15 is 0 Å². The Hall–Kier alpha value is -2.04. The maximum Gasteiger partial charge on any atom is 0.323 e. The van der Waals surface area contributed by atoms with Gasteiger partial charge in [0.15, 0.2) is 0 Å². The van der Waals surface area contributed by atoms with Crippen LogP contribution in [0, 0.1) is 0 Å². The van der Waals surface area contributed by atoms with Crippen molar-refractivity contribution in [2.45, 2.75) is 80.5 Å². The predicted molar refractivity (Wildman–Crippen MR) is 149 cm³/mol. The molecule has 4 rings (SSSR count). The minimum absolute atomic E-state index is 0.0955. The van der Waals surface area contributed by atoms with Crippen LogP contribution < -0.4 is 16.1 Å². The Morgan fingerprint density at radius 3 is 2.43 bits per heavy atom. The molecule has 1 aliphatic carbocycles. The number of hydrogen-bond donors (Lipinski definition) is 4. The van der Waals surface area contributed by atoms with Gasteiger partial charge in [-0.25, -0.2) is 5.48 Å². The highest BCUT2D eigenvalue weighted by atomic mass is 32.2. The van der Waals surface area contributed by atoms with Crippen LogP contribution in [-0.2, 0) is 40.4 Å². The van der Waals surface area contributed by atoms with E-state index in [4.69, 9.17) is 9.94 Å². The van der Waals surface area contributed by atoms with Crippen molar-refractivity contribution >= 4 is 35.4 Å². The highest BCUT2D eigenvalue weighted by molar-refractivity contribution is 8.01. The standard InChI is InChI=1S/C28H37N3O4S2/c1-36-13-12-24(28(33)35-23-4-2-3-5-23)30-18-20-8-6-19(7-9-20)16-29-17-21-10-11-22-15-26(27(32)31-34)37-25(22)14-21/h6-11,14,23-24,26,29-30,34H,2-5,12-13,15-18H2,1H3,(H,31,32)/t24-,26?/m0/s1. The maximum atomic E-state index is 12.7. The first-order valence-electron chi connectivity index (χ1n) is 13.0. The van der Waals surface area contributed by atoms with E-state index in [1.54, 1.807) is 17.2 Å². The second-order valence-corrected chi connectivity index (χ2v) is 11.9. The molecule has 9 heteroatoms. The fourth-order valence-electron chi connectivity index (χ4n) is 4.76. The van der Waals surface area contributed by atoms with Gasteiger partial charge in [-0.3, -0.25) is 14.8 Å². The van der Waals surface area contributed by atoms with Crippen molar-refractivity contribution in [1.29, 1.82) is 0 Å². The molecule has 200 valence electrons. The summed E-state index contributed by atoms with van der Waals surface area (Å²) in [6, 6.07) is 14.5. The predicted octanol–water partition coefficient (Wildman–Crippen LogP) is 4.20. The number of ether oxygens (including phenoxy) is 1. The normalized spacial score (nSPS) is 17.9. The highest BCUT2D eigenvalue weighted by Crippen LogP contribution is 2.37. The molecule has 1 saturated carbocycles. The third-order valence-electron chi connectivity index (χ3n) is 6.92. The molecule has 1 heterocycles. The molecule has 0 aromatic heterocycles. The molecule has 0 bridgehead atoms. The summed E-state index contributed by atoms with van der Waals surface area (Å²) in [5, 5.41) is 15.5. The van der Waals surface area contributed by atoms with Gasteiger partial charge in [-0.05, 0) is 78.9 Å². The Kier molecular flexibility index (Phi) is 10.7. The number of thioether (sulfide) groups is 2. The second kappa shape index (κ2) is 14.2. The molecule has 1 fully saturated rings. The van der Waals surface area contributed by atoms with Gasteiger partial charge in [-0.1, -0.05) is 36.4 Å². The number of benzene rings is 2. The molecular weight excluding hydrogens is 506 g/mol. The third kappa shape index (κ3) is 8.22. The van der Waals surface area contributed by atoms with Crippen molar-refractivity contribution in [2.24, 2.45) is 0 Å². The van der Waals surface area contributed by atoms with E-state index in [1.807, 2.05) is 0 Å². The van der Waals surface area contributed by atoms with Crippen LogP contribution in [-0.4, -0.2) is 46.5 Å². The molecule has 2 aliphatic rings. The number of hydrogen-bond acceptors (Lipinski definition) is 8. The number of esters is 1. The van der Waals surface area contributed by atoms with Gasteiger partial charge in [0.25, 0.3) is 5.91 Å². The molecule has 4 N–H and O–H groups in total. The quantitative estimate of drug-likeness (QED) is 0.170. The zero-order valence-corrected chi connectivity index (χ0v) is 23.0. The summed E-state index contributed by atoms with van der Waals surface area (Å²) in [4.78, 5) is 25.5. The summed E-state index contributed by atoms with van der Waals surface area (Å²) in [5.41, 5.74) is 6.40. The van der Waals surface area contributed by atoms with E-state index in [-0.39, 0.29) is 29.3 Å². The Morgan fingerprint density at radius 1 is 1.05 bits per heavy atom. The average Bonchev–Trinajstić information content (AvgIpc) is 3.58. The molecular formula is C28H37N3O4S2. The lowest BCUT2D eigenvalue weighted by Crippen LogP contribution is -2.39. The number of hydroxylamine groups is 1. The number of carbonyl (C=O) groups excluding carboxylic acids is 2. The summed E-state index contributed by atoms with van der Waals surface area (Å²) < 4.78 is 5.76. The summed E-state index contributed by atoms with van der Waals surface area (Å²) in [6.45, 7) is 2.11. The monoisotopic (exact) mass is 543 g/mol. The SMILES string of the molecule is CSCC[C@H](NCc1ccc(CNCc2ccc3c(c2)SC(C(=O)NO)C3)cc1)C(=O)OC1CCCC1. The van der Waals surface area contributed by atoms with Crippen LogP contribution in [0.25, 0.3) is 0 Å². The van der Waals surface area contributed by atoms with E-state index in [2.05, 4.69) is 59.4 Å². The molecule has 2 aromatic rings. The zero-order chi connectivity index (χ0) is 26.0. The fraction of sp³-hybridized carbons (Fsp3) is 0.500. The van der Waals surface area contributed by atoms with Crippen LogP contribution in [0.15, 0.2) is 47.4 Å². The van der Waals surface area contributed by atoms with Gasteiger partial charge < -0.3 is 15.4 Å². The van der Waals surface area contributed by atoms with Gasteiger partial charge in [0, 0.05) is 24.5 Å². The smallest absolute Gasteiger partial charge is 0.323 e. The lowest BCUT2D eigenvalue weighted by molar-refractivity contribution is -0.151. The van der Waals surface area contributed by atoms with E-state index in [0.29, 0.717) is 13.0 Å². The summed E-state index contributed by atoms with van der Waals surface area (Å²) in [5.74, 6) is 0.460. The number of fused-ring (bicyclic) bond motifs is 1. The molecule has 2 aromatic carbocycles. The first-order valence-corrected chi connectivity index (χ1v) is 15.3. The maximum absolute atomic E-state index is 12.7. The number of nitrogens with one attached hydrogen (secondary N) is 3. The molecule has 37 heavy (non-hydrogen) atoms. The summed E-state index contributed by atoms with van der Waals surface area (Å²) >= 11 is 3.25. The molecule has 0 radical (unpaired) electrons. The molecule has 7 nitrogen and oxygen atoms in total. The van der Waals surface area contributed by atoms with Crippen molar-refractivity contribution in [3.63, 3.8) is 0 Å². The molecule has 0 spiro atoms. The van der Waals surface area contributed by atoms with Gasteiger partial charge in [0.1, 0.15) is 12.1 Å². The van der Waals surface area contributed by atoms with Crippen LogP contribution in [0.5, 0.6) is 0 Å². The Balaban J connectivity index is 1.22. The Labute approximate surface area is 227 Å². The Bertz CT molecular complexity index is 1040. The van der Waals surface area contributed by atoms with Crippen molar-refractivity contribution in [3.05, 3.63) is 64.7 Å². The number of carbonyl (C=O) groups is 2. The van der Waals surface area contributed by atoms with Gasteiger partial charge in [0.05, 0.1) is 5.25 Å². The molecule has 1 amide bonds. The van der Waals surface area contributed by atoms with Crippen LogP contribution in [0.3, 0.4) is 0 Å². The van der Waals surface area contributed by atoms with E-state index in [9.17, 15) is 9.59 Å². The lowest BCUT2D eigenvalue weighted by Gasteiger charge is -2.20. The molecule has 1 aliphatic heterocycles. The third-order valence-corrected chi connectivity index (χ3v) is 8.87. The van der Waals surface area contributed by atoms with E-state index in [0.717, 1.165) is 72.5 Å². The van der Waals surface area contributed by atoms with Gasteiger partial charge >= 0.3 is 5.97 Å². The first kappa shape index (κ1) is 28.0. The molecule has 2 atom stereocenters. The Morgan fingerprint density at radius 2 is 1.73 bits per heavy atom. The van der Waals surface area contributed by atoms with Crippen molar-refractivity contribution in [1.82, 2.24) is 16.1 Å². The summed E-state index contributed by atoms with van der Waals surface area (Å²) in [7, 11) is 0. The van der Waals surface area contributed by atoms with E-state index < -0.39 is 0 Å².